The maximum Gasteiger partial charge on any atom is 0.324 e. The summed E-state index contributed by atoms with van der Waals surface area (Å²) in [5.74, 6) is -1.87. The second kappa shape index (κ2) is 5.30. The standard InChI is InChI=1S/C12H15F2N3O/c1-16(9-2-3-10(13)11(14)8-9)12(18)17-6-4-15-5-7-17/h2-3,8,15H,4-7H2,1H3. The van der Waals surface area contributed by atoms with Crippen LogP contribution in [0.15, 0.2) is 18.2 Å². The van der Waals surface area contributed by atoms with Gasteiger partial charge in [0, 0.05) is 45.0 Å². The van der Waals surface area contributed by atoms with Crippen LogP contribution in [0.4, 0.5) is 19.3 Å². The monoisotopic (exact) mass is 255 g/mol. The lowest BCUT2D eigenvalue weighted by atomic mass is 10.3. The zero-order valence-corrected chi connectivity index (χ0v) is 10.1. The van der Waals surface area contributed by atoms with Crippen LogP contribution in [0.1, 0.15) is 0 Å². The van der Waals surface area contributed by atoms with Crippen molar-refractivity contribution in [2.75, 3.05) is 38.1 Å². The molecule has 1 aromatic carbocycles. The van der Waals surface area contributed by atoms with Crippen molar-refractivity contribution in [3.8, 4) is 0 Å². The number of carbonyl (C=O) groups is 1. The summed E-state index contributed by atoms with van der Waals surface area (Å²) in [5, 5.41) is 3.14. The summed E-state index contributed by atoms with van der Waals surface area (Å²) < 4.78 is 25.9. The van der Waals surface area contributed by atoms with Gasteiger partial charge in [-0.25, -0.2) is 13.6 Å². The molecule has 98 valence electrons. The van der Waals surface area contributed by atoms with Gasteiger partial charge in [-0.05, 0) is 12.1 Å². The smallest absolute Gasteiger partial charge is 0.322 e. The molecule has 1 heterocycles. The van der Waals surface area contributed by atoms with Crippen LogP contribution in [0.25, 0.3) is 0 Å². The molecule has 1 aliphatic heterocycles. The van der Waals surface area contributed by atoms with Crippen molar-refractivity contribution >= 4 is 11.7 Å². The Balaban J connectivity index is 2.11. The summed E-state index contributed by atoms with van der Waals surface area (Å²) in [6.07, 6.45) is 0. The summed E-state index contributed by atoms with van der Waals surface area (Å²) in [6.45, 7) is 2.73. The Morgan fingerprint density at radius 2 is 1.94 bits per heavy atom. The van der Waals surface area contributed by atoms with E-state index in [0.29, 0.717) is 18.8 Å². The summed E-state index contributed by atoms with van der Waals surface area (Å²) >= 11 is 0. The predicted octanol–water partition coefficient (Wildman–Crippen LogP) is 1.43. The van der Waals surface area contributed by atoms with E-state index in [-0.39, 0.29) is 6.03 Å². The lowest BCUT2D eigenvalue weighted by Gasteiger charge is -2.31. The molecule has 18 heavy (non-hydrogen) atoms. The number of urea groups is 1. The molecule has 4 nitrogen and oxygen atoms in total. The first-order valence-corrected chi connectivity index (χ1v) is 5.78. The molecule has 0 radical (unpaired) electrons. The van der Waals surface area contributed by atoms with Crippen LogP contribution in [0.2, 0.25) is 0 Å². The van der Waals surface area contributed by atoms with Crippen molar-refractivity contribution in [1.82, 2.24) is 10.2 Å². The third kappa shape index (κ3) is 2.59. The van der Waals surface area contributed by atoms with Crippen LogP contribution in [0.5, 0.6) is 0 Å². The number of carbonyl (C=O) groups excluding carboxylic acids is 1. The molecular formula is C12H15F2N3O. The SMILES string of the molecule is CN(C(=O)N1CCNCC1)c1ccc(F)c(F)c1. The molecule has 0 unspecified atom stereocenters. The zero-order chi connectivity index (χ0) is 13.1. The molecule has 0 aliphatic carbocycles. The van der Waals surface area contributed by atoms with Gasteiger partial charge in [0.25, 0.3) is 0 Å². The second-order valence-corrected chi connectivity index (χ2v) is 4.18. The Morgan fingerprint density at radius 3 is 2.56 bits per heavy atom. The number of amides is 2. The third-order valence-electron chi connectivity index (χ3n) is 2.96. The number of anilines is 1. The minimum absolute atomic E-state index is 0.206. The number of benzene rings is 1. The number of nitrogens with zero attached hydrogens (tertiary/aromatic N) is 2. The molecule has 1 fully saturated rings. The average Bonchev–Trinajstić information content (AvgIpc) is 2.41. The molecule has 0 saturated carbocycles. The summed E-state index contributed by atoms with van der Waals surface area (Å²) in [4.78, 5) is 15.1. The van der Waals surface area contributed by atoms with Crippen LogP contribution < -0.4 is 10.2 Å². The van der Waals surface area contributed by atoms with Crippen molar-refractivity contribution in [2.24, 2.45) is 0 Å². The number of halogens is 2. The van der Waals surface area contributed by atoms with Gasteiger partial charge >= 0.3 is 6.03 Å². The molecule has 1 N–H and O–H groups in total. The topological polar surface area (TPSA) is 35.6 Å². The van der Waals surface area contributed by atoms with Gasteiger partial charge in [0.15, 0.2) is 11.6 Å². The number of hydrogen-bond donors (Lipinski definition) is 1. The van der Waals surface area contributed by atoms with Gasteiger partial charge in [-0.1, -0.05) is 0 Å². The van der Waals surface area contributed by atoms with Gasteiger partial charge in [-0.2, -0.15) is 0 Å². The molecule has 1 aliphatic rings. The van der Waals surface area contributed by atoms with Crippen LogP contribution in [0.3, 0.4) is 0 Å². The molecule has 1 saturated heterocycles. The van der Waals surface area contributed by atoms with Gasteiger partial charge in [-0.15, -0.1) is 0 Å². The van der Waals surface area contributed by atoms with E-state index in [1.165, 1.54) is 11.0 Å². The lowest BCUT2D eigenvalue weighted by molar-refractivity contribution is 0.198. The summed E-state index contributed by atoms with van der Waals surface area (Å²) in [7, 11) is 1.55. The van der Waals surface area contributed by atoms with E-state index in [2.05, 4.69) is 5.32 Å². The van der Waals surface area contributed by atoms with Crippen LogP contribution >= 0.6 is 0 Å². The molecule has 2 amide bonds. The van der Waals surface area contributed by atoms with Crippen molar-refractivity contribution in [3.63, 3.8) is 0 Å². The highest BCUT2D eigenvalue weighted by atomic mass is 19.2. The van der Waals surface area contributed by atoms with Crippen LogP contribution in [-0.4, -0.2) is 44.2 Å². The molecule has 0 bridgehead atoms. The Hall–Kier alpha value is -1.69. The van der Waals surface area contributed by atoms with E-state index >= 15 is 0 Å². The minimum Gasteiger partial charge on any atom is -0.322 e. The lowest BCUT2D eigenvalue weighted by Crippen LogP contribution is -2.50. The van der Waals surface area contributed by atoms with Crippen molar-refractivity contribution in [2.45, 2.75) is 0 Å². The fraction of sp³-hybridized carbons (Fsp3) is 0.417. The maximum absolute atomic E-state index is 13.1. The normalized spacial score (nSPS) is 15.6. The Bertz CT molecular complexity index is 447. The van der Waals surface area contributed by atoms with E-state index in [4.69, 9.17) is 0 Å². The van der Waals surface area contributed by atoms with E-state index < -0.39 is 11.6 Å². The first-order chi connectivity index (χ1) is 8.59. The minimum atomic E-state index is -0.951. The van der Waals surface area contributed by atoms with Gasteiger partial charge < -0.3 is 10.2 Å². The van der Waals surface area contributed by atoms with E-state index in [1.54, 1.807) is 11.9 Å². The number of nitrogens with one attached hydrogen (secondary N) is 1. The molecule has 6 heteroatoms. The fourth-order valence-electron chi connectivity index (χ4n) is 1.87. The highest BCUT2D eigenvalue weighted by molar-refractivity contribution is 5.91. The van der Waals surface area contributed by atoms with E-state index in [1.807, 2.05) is 0 Å². The van der Waals surface area contributed by atoms with Crippen LogP contribution in [-0.2, 0) is 0 Å². The van der Waals surface area contributed by atoms with Crippen LogP contribution in [0, 0.1) is 11.6 Å². The van der Waals surface area contributed by atoms with Gasteiger partial charge in [0.05, 0.1) is 0 Å². The molecule has 2 rings (SSSR count). The quantitative estimate of drug-likeness (QED) is 0.824. The van der Waals surface area contributed by atoms with Gasteiger partial charge in [0.1, 0.15) is 0 Å². The Kier molecular flexibility index (Phi) is 3.76. The first-order valence-electron chi connectivity index (χ1n) is 5.78. The van der Waals surface area contributed by atoms with Crippen molar-refractivity contribution in [1.29, 1.82) is 0 Å². The fourth-order valence-corrected chi connectivity index (χ4v) is 1.87. The number of rotatable bonds is 1. The molecule has 0 spiro atoms. The Morgan fingerprint density at radius 1 is 1.28 bits per heavy atom. The summed E-state index contributed by atoms with van der Waals surface area (Å²) in [5.41, 5.74) is 0.345. The first kappa shape index (κ1) is 12.8. The second-order valence-electron chi connectivity index (χ2n) is 4.18. The molecule has 0 aromatic heterocycles. The average molecular weight is 255 g/mol. The number of piperazine rings is 1. The maximum atomic E-state index is 13.1. The molecular weight excluding hydrogens is 240 g/mol. The van der Waals surface area contributed by atoms with E-state index in [9.17, 15) is 13.6 Å². The number of hydrogen-bond acceptors (Lipinski definition) is 2. The van der Waals surface area contributed by atoms with Crippen molar-refractivity contribution in [3.05, 3.63) is 29.8 Å². The predicted molar refractivity (Wildman–Crippen MR) is 64.6 cm³/mol. The molecule has 1 aromatic rings. The zero-order valence-electron chi connectivity index (χ0n) is 10.1. The van der Waals surface area contributed by atoms with E-state index in [0.717, 1.165) is 25.2 Å². The largest absolute Gasteiger partial charge is 0.324 e. The van der Waals surface area contributed by atoms with Gasteiger partial charge in [-0.3, -0.25) is 4.90 Å². The third-order valence-corrected chi connectivity index (χ3v) is 2.96. The summed E-state index contributed by atoms with van der Waals surface area (Å²) in [6, 6.07) is 3.22. The Labute approximate surface area is 104 Å². The van der Waals surface area contributed by atoms with Gasteiger partial charge in [0.2, 0.25) is 0 Å². The molecule has 0 atom stereocenters. The highest BCUT2D eigenvalue weighted by Gasteiger charge is 2.21. The van der Waals surface area contributed by atoms with Crippen molar-refractivity contribution < 1.29 is 13.6 Å². The highest BCUT2D eigenvalue weighted by Crippen LogP contribution is 2.18.